The minimum Gasteiger partial charge on any atom is -0.490 e. The Hall–Kier alpha value is -3.45. The van der Waals surface area contributed by atoms with Crippen molar-refractivity contribution in [3.8, 4) is 17.4 Å². The number of carbonyl (C=O) groups is 1. The van der Waals surface area contributed by atoms with E-state index in [-0.39, 0.29) is 12.0 Å². The SMILES string of the molecule is O=C(Nc1cccc(Oc2cnccn2)c1)c1ccc(OC2CCOCC2)cc1. The van der Waals surface area contributed by atoms with Crippen molar-refractivity contribution >= 4 is 11.6 Å². The first-order valence-corrected chi connectivity index (χ1v) is 9.46. The van der Waals surface area contributed by atoms with E-state index in [1.165, 1.54) is 6.20 Å². The average Bonchev–Trinajstić information content (AvgIpc) is 2.76. The fourth-order valence-electron chi connectivity index (χ4n) is 2.97. The molecular weight excluding hydrogens is 370 g/mol. The molecule has 0 radical (unpaired) electrons. The summed E-state index contributed by atoms with van der Waals surface area (Å²) in [6.07, 6.45) is 6.58. The Balaban J connectivity index is 1.37. The van der Waals surface area contributed by atoms with Crippen molar-refractivity contribution in [1.29, 1.82) is 0 Å². The lowest BCUT2D eigenvalue weighted by Gasteiger charge is -2.23. The van der Waals surface area contributed by atoms with Crippen molar-refractivity contribution in [3.63, 3.8) is 0 Å². The number of hydrogen-bond donors (Lipinski definition) is 1. The first kappa shape index (κ1) is 18.9. The Labute approximate surface area is 168 Å². The molecule has 0 atom stereocenters. The number of ether oxygens (including phenoxy) is 3. The van der Waals surface area contributed by atoms with Crippen molar-refractivity contribution in [2.24, 2.45) is 0 Å². The van der Waals surface area contributed by atoms with Crippen LogP contribution in [0.4, 0.5) is 5.69 Å². The number of nitrogens with one attached hydrogen (secondary N) is 1. The van der Waals surface area contributed by atoms with Crippen molar-refractivity contribution in [2.45, 2.75) is 18.9 Å². The van der Waals surface area contributed by atoms with Crippen LogP contribution in [0.2, 0.25) is 0 Å². The molecule has 1 aliphatic rings. The zero-order chi connectivity index (χ0) is 19.9. The van der Waals surface area contributed by atoms with E-state index in [0.717, 1.165) is 31.8 Å². The Morgan fingerprint density at radius 2 is 1.86 bits per heavy atom. The highest BCUT2D eigenvalue weighted by Crippen LogP contribution is 2.23. The first-order valence-electron chi connectivity index (χ1n) is 9.46. The molecule has 0 bridgehead atoms. The second-order valence-corrected chi connectivity index (χ2v) is 6.58. The predicted molar refractivity (Wildman–Crippen MR) is 107 cm³/mol. The summed E-state index contributed by atoms with van der Waals surface area (Å²) in [4.78, 5) is 20.6. The van der Waals surface area contributed by atoms with Gasteiger partial charge in [-0.1, -0.05) is 6.07 Å². The van der Waals surface area contributed by atoms with Crippen LogP contribution < -0.4 is 14.8 Å². The number of aromatic nitrogens is 2. The minimum absolute atomic E-state index is 0.167. The highest BCUT2D eigenvalue weighted by molar-refractivity contribution is 6.04. The third-order valence-electron chi connectivity index (χ3n) is 4.44. The molecule has 148 valence electrons. The van der Waals surface area contributed by atoms with Crippen molar-refractivity contribution in [3.05, 3.63) is 72.7 Å². The predicted octanol–water partition coefficient (Wildman–Crippen LogP) is 4.08. The maximum absolute atomic E-state index is 12.6. The molecule has 29 heavy (non-hydrogen) atoms. The fourth-order valence-corrected chi connectivity index (χ4v) is 2.97. The normalized spacial score (nSPS) is 14.2. The van der Waals surface area contributed by atoms with Crippen LogP contribution in [-0.2, 0) is 4.74 Å². The van der Waals surface area contributed by atoms with Crippen molar-refractivity contribution in [2.75, 3.05) is 18.5 Å². The molecule has 7 nitrogen and oxygen atoms in total. The van der Waals surface area contributed by atoms with Crippen molar-refractivity contribution in [1.82, 2.24) is 9.97 Å². The lowest BCUT2D eigenvalue weighted by Crippen LogP contribution is -2.25. The van der Waals surface area contributed by atoms with Crippen LogP contribution in [0, 0.1) is 0 Å². The molecule has 4 rings (SSSR count). The monoisotopic (exact) mass is 391 g/mol. The van der Waals surface area contributed by atoms with Gasteiger partial charge < -0.3 is 19.5 Å². The molecule has 0 saturated carbocycles. The smallest absolute Gasteiger partial charge is 0.255 e. The summed E-state index contributed by atoms with van der Waals surface area (Å²) >= 11 is 0. The van der Waals surface area contributed by atoms with Gasteiger partial charge in [-0.15, -0.1) is 0 Å². The summed E-state index contributed by atoms with van der Waals surface area (Å²) in [6.45, 7) is 1.45. The quantitative estimate of drug-likeness (QED) is 0.682. The van der Waals surface area contributed by atoms with E-state index in [9.17, 15) is 4.79 Å². The summed E-state index contributed by atoms with van der Waals surface area (Å²) in [5, 5.41) is 2.87. The fraction of sp³-hybridized carbons (Fsp3) is 0.227. The summed E-state index contributed by atoms with van der Waals surface area (Å²) in [5.41, 5.74) is 1.17. The van der Waals surface area contributed by atoms with Crippen LogP contribution in [0.1, 0.15) is 23.2 Å². The molecule has 0 unspecified atom stereocenters. The maximum atomic E-state index is 12.6. The molecular formula is C22H21N3O4. The van der Waals surface area contributed by atoms with Crippen LogP contribution in [-0.4, -0.2) is 35.2 Å². The van der Waals surface area contributed by atoms with Gasteiger partial charge in [0.2, 0.25) is 5.88 Å². The van der Waals surface area contributed by atoms with Gasteiger partial charge in [-0.05, 0) is 36.4 Å². The van der Waals surface area contributed by atoms with E-state index >= 15 is 0 Å². The number of anilines is 1. The van der Waals surface area contributed by atoms with E-state index in [1.54, 1.807) is 48.8 Å². The number of benzene rings is 2. The standard InChI is InChI=1S/C22H21N3O4/c26-22(16-4-6-18(7-5-16)28-19-8-12-27-13-9-19)25-17-2-1-3-20(14-17)29-21-15-23-10-11-24-21/h1-7,10-11,14-15,19H,8-9,12-13H2,(H,25,26). The molecule has 1 N–H and O–H groups in total. The molecule has 2 aromatic carbocycles. The number of carbonyl (C=O) groups excluding carboxylic acids is 1. The van der Waals surface area contributed by atoms with E-state index < -0.39 is 0 Å². The molecule has 2 heterocycles. The molecule has 0 spiro atoms. The zero-order valence-electron chi connectivity index (χ0n) is 15.8. The van der Waals surface area contributed by atoms with E-state index in [0.29, 0.717) is 22.9 Å². The third-order valence-corrected chi connectivity index (χ3v) is 4.44. The second kappa shape index (κ2) is 9.16. The molecule has 1 saturated heterocycles. The van der Waals surface area contributed by atoms with Gasteiger partial charge in [-0.3, -0.25) is 9.78 Å². The molecule has 1 fully saturated rings. The topological polar surface area (TPSA) is 82.6 Å². The van der Waals surface area contributed by atoms with Crippen LogP contribution in [0.3, 0.4) is 0 Å². The van der Waals surface area contributed by atoms with Crippen LogP contribution >= 0.6 is 0 Å². The molecule has 0 aliphatic carbocycles. The molecule has 1 aliphatic heterocycles. The summed E-state index contributed by atoms with van der Waals surface area (Å²) in [6, 6.07) is 14.3. The zero-order valence-corrected chi connectivity index (χ0v) is 15.8. The summed E-state index contributed by atoms with van der Waals surface area (Å²) in [5.74, 6) is 1.49. The Kier molecular flexibility index (Phi) is 5.97. The van der Waals surface area contributed by atoms with Gasteiger partial charge in [0, 0.05) is 42.6 Å². The largest absolute Gasteiger partial charge is 0.490 e. The number of rotatable bonds is 6. The molecule has 7 heteroatoms. The van der Waals surface area contributed by atoms with Crippen LogP contribution in [0.5, 0.6) is 17.4 Å². The lowest BCUT2D eigenvalue weighted by molar-refractivity contribution is 0.0256. The summed E-state index contributed by atoms with van der Waals surface area (Å²) in [7, 11) is 0. The maximum Gasteiger partial charge on any atom is 0.255 e. The van der Waals surface area contributed by atoms with Gasteiger partial charge >= 0.3 is 0 Å². The van der Waals surface area contributed by atoms with Gasteiger partial charge in [-0.2, -0.15) is 0 Å². The van der Waals surface area contributed by atoms with Gasteiger partial charge in [0.25, 0.3) is 5.91 Å². The van der Waals surface area contributed by atoms with E-state index in [2.05, 4.69) is 15.3 Å². The summed E-state index contributed by atoms with van der Waals surface area (Å²) < 4.78 is 16.9. The number of hydrogen-bond acceptors (Lipinski definition) is 6. The highest BCUT2D eigenvalue weighted by Gasteiger charge is 2.15. The van der Waals surface area contributed by atoms with Gasteiger partial charge in [0.1, 0.15) is 17.6 Å². The molecule has 1 amide bonds. The first-order chi connectivity index (χ1) is 14.3. The van der Waals surface area contributed by atoms with Gasteiger partial charge in [-0.25, -0.2) is 4.98 Å². The van der Waals surface area contributed by atoms with Crippen LogP contribution in [0.25, 0.3) is 0 Å². The average molecular weight is 391 g/mol. The third kappa shape index (κ3) is 5.30. The van der Waals surface area contributed by atoms with Crippen molar-refractivity contribution < 1.29 is 19.0 Å². The Morgan fingerprint density at radius 3 is 2.62 bits per heavy atom. The van der Waals surface area contributed by atoms with E-state index in [4.69, 9.17) is 14.2 Å². The second-order valence-electron chi connectivity index (χ2n) is 6.58. The van der Waals surface area contributed by atoms with Crippen LogP contribution in [0.15, 0.2) is 67.1 Å². The van der Waals surface area contributed by atoms with Gasteiger partial charge in [0.15, 0.2) is 0 Å². The number of nitrogens with zero attached hydrogens (tertiary/aromatic N) is 2. The Bertz CT molecular complexity index is 942. The van der Waals surface area contributed by atoms with Gasteiger partial charge in [0.05, 0.1) is 19.4 Å². The van der Waals surface area contributed by atoms with E-state index in [1.807, 2.05) is 12.1 Å². The Morgan fingerprint density at radius 1 is 1.03 bits per heavy atom. The number of amides is 1. The molecule has 3 aromatic rings. The lowest BCUT2D eigenvalue weighted by atomic mass is 10.1. The minimum atomic E-state index is -0.209. The highest BCUT2D eigenvalue weighted by atomic mass is 16.5. The molecule has 1 aromatic heterocycles.